The largest absolute Gasteiger partial charge is 0.508 e. The molecule has 0 bridgehead atoms. The van der Waals surface area contributed by atoms with E-state index in [1.165, 1.54) is 44.3 Å². The van der Waals surface area contributed by atoms with Crippen molar-refractivity contribution in [3.63, 3.8) is 0 Å². The first kappa shape index (κ1) is 13.9. The molecule has 1 aromatic rings. The maximum Gasteiger partial charge on any atom is 0.115 e. The number of rotatable bonds is 5. The molecular formula is C17H26N2O. The SMILES string of the molecule is CC(Cc1ccc(O)cc1)NC1CCN(C2CC2)CC1. The Labute approximate surface area is 122 Å². The highest BCUT2D eigenvalue weighted by Gasteiger charge is 2.31. The van der Waals surface area contributed by atoms with Crippen molar-refractivity contribution in [2.75, 3.05) is 13.1 Å². The van der Waals surface area contributed by atoms with Gasteiger partial charge in [-0.15, -0.1) is 0 Å². The number of phenolic OH excluding ortho intramolecular Hbond substituents is 1. The smallest absolute Gasteiger partial charge is 0.115 e. The van der Waals surface area contributed by atoms with Crippen LogP contribution in [0.1, 0.15) is 38.2 Å². The van der Waals surface area contributed by atoms with Crippen molar-refractivity contribution < 1.29 is 5.11 Å². The van der Waals surface area contributed by atoms with Gasteiger partial charge in [0.1, 0.15) is 5.75 Å². The summed E-state index contributed by atoms with van der Waals surface area (Å²) in [5.41, 5.74) is 1.29. The van der Waals surface area contributed by atoms with Crippen LogP contribution >= 0.6 is 0 Å². The number of piperidine rings is 1. The molecule has 0 spiro atoms. The highest BCUT2D eigenvalue weighted by Crippen LogP contribution is 2.29. The first-order valence-corrected chi connectivity index (χ1v) is 7.99. The van der Waals surface area contributed by atoms with Crippen molar-refractivity contribution in [3.05, 3.63) is 29.8 Å². The lowest BCUT2D eigenvalue weighted by molar-refractivity contribution is 0.184. The van der Waals surface area contributed by atoms with E-state index in [0.29, 0.717) is 17.8 Å². The molecule has 3 nitrogen and oxygen atoms in total. The Morgan fingerprint density at radius 3 is 2.40 bits per heavy atom. The first-order chi connectivity index (χ1) is 9.70. The van der Waals surface area contributed by atoms with Gasteiger partial charge < -0.3 is 15.3 Å². The number of hydrogen-bond donors (Lipinski definition) is 2. The molecule has 2 fully saturated rings. The van der Waals surface area contributed by atoms with Crippen LogP contribution in [0.15, 0.2) is 24.3 Å². The highest BCUT2D eigenvalue weighted by atomic mass is 16.3. The maximum absolute atomic E-state index is 9.31. The molecule has 1 unspecified atom stereocenters. The Morgan fingerprint density at radius 1 is 1.15 bits per heavy atom. The van der Waals surface area contributed by atoms with E-state index in [4.69, 9.17) is 0 Å². The van der Waals surface area contributed by atoms with E-state index in [-0.39, 0.29) is 0 Å². The van der Waals surface area contributed by atoms with Crippen molar-refractivity contribution >= 4 is 0 Å². The standard InChI is InChI=1S/C17H26N2O/c1-13(12-14-2-6-17(20)7-3-14)18-15-8-10-19(11-9-15)16-4-5-16/h2-3,6-7,13,15-16,18,20H,4-5,8-12H2,1H3. The minimum absolute atomic E-state index is 0.349. The van der Waals surface area contributed by atoms with Crippen LogP contribution in [0, 0.1) is 0 Å². The zero-order valence-electron chi connectivity index (χ0n) is 12.4. The van der Waals surface area contributed by atoms with Gasteiger partial charge in [-0.05, 0) is 69.8 Å². The molecule has 2 N–H and O–H groups in total. The Balaban J connectivity index is 1.42. The van der Waals surface area contributed by atoms with Gasteiger partial charge >= 0.3 is 0 Å². The molecule has 3 rings (SSSR count). The predicted molar refractivity (Wildman–Crippen MR) is 82.0 cm³/mol. The average Bonchev–Trinajstić information content (AvgIpc) is 3.27. The molecule has 20 heavy (non-hydrogen) atoms. The summed E-state index contributed by atoms with van der Waals surface area (Å²) in [5.74, 6) is 0.349. The van der Waals surface area contributed by atoms with E-state index in [1.54, 1.807) is 12.1 Å². The van der Waals surface area contributed by atoms with Gasteiger partial charge in [0, 0.05) is 18.1 Å². The van der Waals surface area contributed by atoms with Gasteiger partial charge in [0.05, 0.1) is 0 Å². The van der Waals surface area contributed by atoms with Crippen LogP contribution in [0.25, 0.3) is 0 Å². The Morgan fingerprint density at radius 2 is 1.80 bits per heavy atom. The number of nitrogens with zero attached hydrogens (tertiary/aromatic N) is 1. The molecule has 0 aromatic heterocycles. The number of phenols is 1. The molecule has 2 aliphatic rings. The zero-order valence-corrected chi connectivity index (χ0v) is 12.4. The molecule has 1 aliphatic heterocycles. The minimum atomic E-state index is 0.349. The van der Waals surface area contributed by atoms with Gasteiger partial charge in [-0.2, -0.15) is 0 Å². The van der Waals surface area contributed by atoms with Crippen molar-refractivity contribution in [1.29, 1.82) is 0 Å². The van der Waals surface area contributed by atoms with E-state index in [9.17, 15) is 5.11 Å². The highest BCUT2D eigenvalue weighted by molar-refractivity contribution is 5.26. The lowest BCUT2D eigenvalue weighted by atomic mass is 10.0. The number of likely N-dealkylation sites (tertiary alicyclic amines) is 1. The zero-order chi connectivity index (χ0) is 13.9. The number of nitrogens with one attached hydrogen (secondary N) is 1. The number of benzene rings is 1. The van der Waals surface area contributed by atoms with E-state index in [2.05, 4.69) is 17.1 Å². The van der Waals surface area contributed by atoms with Crippen LogP contribution < -0.4 is 5.32 Å². The summed E-state index contributed by atoms with van der Waals surface area (Å²) in [5, 5.41) is 13.1. The van der Waals surface area contributed by atoms with E-state index in [0.717, 1.165) is 12.5 Å². The molecule has 1 aromatic carbocycles. The van der Waals surface area contributed by atoms with Crippen molar-refractivity contribution in [3.8, 4) is 5.75 Å². The monoisotopic (exact) mass is 274 g/mol. The molecular weight excluding hydrogens is 248 g/mol. The van der Waals surface area contributed by atoms with Gasteiger partial charge in [-0.25, -0.2) is 0 Å². The van der Waals surface area contributed by atoms with Gasteiger partial charge in [0.2, 0.25) is 0 Å². The number of hydrogen-bond acceptors (Lipinski definition) is 3. The van der Waals surface area contributed by atoms with Crippen molar-refractivity contribution in [2.24, 2.45) is 0 Å². The third-order valence-corrected chi connectivity index (χ3v) is 4.59. The summed E-state index contributed by atoms with van der Waals surface area (Å²) in [6.07, 6.45) is 6.46. The van der Waals surface area contributed by atoms with Crippen molar-refractivity contribution in [1.82, 2.24) is 10.2 Å². The molecule has 1 aliphatic carbocycles. The third kappa shape index (κ3) is 3.74. The van der Waals surface area contributed by atoms with Crippen LogP contribution in [0.4, 0.5) is 0 Å². The minimum Gasteiger partial charge on any atom is -0.508 e. The molecule has 110 valence electrons. The third-order valence-electron chi connectivity index (χ3n) is 4.59. The molecule has 0 amide bonds. The predicted octanol–water partition coefficient (Wildman–Crippen LogP) is 2.54. The fourth-order valence-electron chi connectivity index (χ4n) is 3.32. The Bertz CT molecular complexity index is 419. The van der Waals surface area contributed by atoms with Gasteiger partial charge in [0.25, 0.3) is 0 Å². The van der Waals surface area contributed by atoms with Crippen LogP contribution in [0.3, 0.4) is 0 Å². The average molecular weight is 274 g/mol. The molecule has 1 saturated heterocycles. The maximum atomic E-state index is 9.31. The fraction of sp³-hybridized carbons (Fsp3) is 0.647. The number of aromatic hydroxyl groups is 1. The second kappa shape index (κ2) is 6.15. The summed E-state index contributed by atoms with van der Waals surface area (Å²) in [6.45, 7) is 4.81. The van der Waals surface area contributed by atoms with E-state index in [1.807, 2.05) is 12.1 Å². The molecule has 0 radical (unpaired) electrons. The van der Waals surface area contributed by atoms with Gasteiger partial charge in [-0.3, -0.25) is 0 Å². The summed E-state index contributed by atoms with van der Waals surface area (Å²) in [4.78, 5) is 2.67. The topological polar surface area (TPSA) is 35.5 Å². The summed E-state index contributed by atoms with van der Waals surface area (Å²) >= 11 is 0. The van der Waals surface area contributed by atoms with E-state index >= 15 is 0 Å². The van der Waals surface area contributed by atoms with Crippen LogP contribution in [-0.4, -0.2) is 41.2 Å². The Hall–Kier alpha value is -1.06. The first-order valence-electron chi connectivity index (χ1n) is 7.99. The second-order valence-corrected chi connectivity index (χ2v) is 6.48. The van der Waals surface area contributed by atoms with Gasteiger partial charge in [0.15, 0.2) is 0 Å². The van der Waals surface area contributed by atoms with Crippen LogP contribution in [0.5, 0.6) is 5.75 Å². The molecule has 3 heteroatoms. The summed E-state index contributed by atoms with van der Waals surface area (Å²) in [6, 6.07) is 9.68. The normalized spacial score (nSPS) is 22.9. The molecule has 1 saturated carbocycles. The second-order valence-electron chi connectivity index (χ2n) is 6.48. The molecule has 1 atom stereocenters. The van der Waals surface area contributed by atoms with Crippen molar-refractivity contribution in [2.45, 2.75) is 57.2 Å². The van der Waals surface area contributed by atoms with Crippen LogP contribution in [-0.2, 0) is 6.42 Å². The Kier molecular flexibility index (Phi) is 4.27. The quantitative estimate of drug-likeness (QED) is 0.866. The van der Waals surface area contributed by atoms with Crippen LogP contribution in [0.2, 0.25) is 0 Å². The summed E-state index contributed by atoms with van der Waals surface area (Å²) in [7, 11) is 0. The van der Waals surface area contributed by atoms with E-state index < -0.39 is 0 Å². The molecule has 1 heterocycles. The van der Waals surface area contributed by atoms with Gasteiger partial charge in [-0.1, -0.05) is 12.1 Å². The fourth-order valence-corrected chi connectivity index (χ4v) is 3.32. The lowest BCUT2D eigenvalue weighted by Crippen LogP contribution is -2.46. The lowest BCUT2D eigenvalue weighted by Gasteiger charge is -2.34. The summed E-state index contributed by atoms with van der Waals surface area (Å²) < 4.78 is 0.